The van der Waals surface area contributed by atoms with Gasteiger partial charge in [0.25, 0.3) is 0 Å². The van der Waals surface area contributed by atoms with Crippen LogP contribution < -0.4 is 5.32 Å². The molecule has 1 saturated carbocycles. The van der Waals surface area contributed by atoms with Crippen LogP contribution in [0.5, 0.6) is 0 Å². The number of aromatic nitrogens is 4. The molecule has 0 aliphatic heterocycles. The topological polar surface area (TPSA) is 75.6 Å². The first-order chi connectivity index (χ1) is 10.7. The fourth-order valence-electron chi connectivity index (χ4n) is 3.64. The first kappa shape index (κ1) is 13.3. The van der Waals surface area contributed by atoms with Crippen molar-refractivity contribution in [3.63, 3.8) is 0 Å². The molecule has 1 aliphatic rings. The number of carbonyl (C=O) groups excluding carboxylic acids is 1. The van der Waals surface area contributed by atoms with Gasteiger partial charge >= 0.3 is 0 Å². The van der Waals surface area contributed by atoms with Crippen molar-refractivity contribution in [2.75, 3.05) is 0 Å². The minimum atomic E-state index is 0.0540. The molecule has 4 rings (SSSR count). The van der Waals surface area contributed by atoms with Gasteiger partial charge in [-0.25, -0.2) is 9.97 Å². The summed E-state index contributed by atoms with van der Waals surface area (Å²) in [5.74, 6) is 0.0540. The lowest BCUT2D eigenvalue weighted by molar-refractivity contribution is -0.119. The van der Waals surface area contributed by atoms with Crippen LogP contribution in [0.1, 0.15) is 38.6 Å². The summed E-state index contributed by atoms with van der Waals surface area (Å²) < 4.78 is 2.27. The zero-order valence-corrected chi connectivity index (χ0v) is 12.5. The molecule has 0 aromatic carbocycles. The second kappa shape index (κ2) is 5.12. The molecule has 6 heteroatoms. The second-order valence-electron chi connectivity index (χ2n) is 6.10. The first-order valence-electron chi connectivity index (χ1n) is 7.78. The third kappa shape index (κ3) is 2.15. The van der Waals surface area contributed by atoms with E-state index in [1.807, 2.05) is 18.7 Å². The largest absolute Gasteiger partial charge is 0.354 e. The summed E-state index contributed by atoms with van der Waals surface area (Å²) >= 11 is 0. The van der Waals surface area contributed by atoms with Gasteiger partial charge in [-0.15, -0.1) is 0 Å². The van der Waals surface area contributed by atoms with Crippen LogP contribution in [0.15, 0.2) is 24.8 Å². The van der Waals surface area contributed by atoms with Gasteiger partial charge in [0.05, 0.1) is 18.0 Å². The lowest BCUT2D eigenvalue weighted by atomic mass is 9.90. The lowest BCUT2D eigenvalue weighted by Crippen LogP contribution is -2.37. The quantitative estimate of drug-likeness (QED) is 0.763. The van der Waals surface area contributed by atoms with E-state index < -0.39 is 0 Å². The number of fused-ring (bicyclic) bond motifs is 3. The van der Waals surface area contributed by atoms with Gasteiger partial charge in [0.2, 0.25) is 5.91 Å². The average molecular weight is 297 g/mol. The number of hydrogen-bond donors (Lipinski definition) is 2. The van der Waals surface area contributed by atoms with Crippen molar-refractivity contribution < 1.29 is 4.79 Å². The molecule has 3 aromatic heterocycles. The second-order valence-corrected chi connectivity index (χ2v) is 6.10. The Morgan fingerprint density at radius 2 is 2.32 bits per heavy atom. The smallest absolute Gasteiger partial charge is 0.217 e. The Bertz CT molecular complexity index is 833. The summed E-state index contributed by atoms with van der Waals surface area (Å²) in [6.45, 7) is 1.59. The van der Waals surface area contributed by atoms with Crippen LogP contribution in [-0.2, 0) is 4.79 Å². The van der Waals surface area contributed by atoms with Crippen LogP contribution in [0.2, 0.25) is 0 Å². The molecule has 2 unspecified atom stereocenters. The van der Waals surface area contributed by atoms with Crippen molar-refractivity contribution in [3.8, 4) is 0 Å². The van der Waals surface area contributed by atoms with Gasteiger partial charge in [0.1, 0.15) is 11.2 Å². The number of aromatic amines is 1. The number of rotatable bonds is 2. The molecule has 1 fully saturated rings. The summed E-state index contributed by atoms with van der Waals surface area (Å²) in [4.78, 5) is 23.4. The number of nitrogens with zero attached hydrogens (tertiary/aromatic N) is 3. The number of H-pyrrole nitrogens is 1. The van der Waals surface area contributed by atoms with E-state index in [1.54, 1.807) is 6.92 Å². The molecule has 0 radical (unpaired) electrons. The molecular weight excluding hydrogens is 278 g/mol. The van der Waals surface area contributed by atoms with Gasteiger partial charge in [-0.2, -0.15) is 0 Å². The number of carbonyl (C=O) groups is 1. The molecule has 3 heterocycles. The molecule has 0 saturated heterocycles. The van der Waals surface area contributed by atoms with Crippen molar-refractivity contribution in [2.24, 2.45) is 0 Å². The minimum absolute atomic E-state index is 0.0540. The van der Waals surface area contributed by atoms with Crippen molar-refractivity contribution in [2.45, 2.75) is 44.7 Å². The van der Waals surface area contributed by atoms with E-state index in [1.165, 1.54) is 0 Å². The van der Waals surface area contributed by atoms with Crippen LogP contribution in [0, 0.1) is 0 Å². The molecule has 114 valence electrons. The summed E-state index contributed by atoms with van der Waals surface area (Å²) in [5, 5.41) is 4.17. The number of pyridine rings is 1. The molecule has 1 aliphatic carbocycles. The SMILES string of the molecule is CC(=O)NC1CCCC(n2cnc3cnc4[nH]ccc4c32)C1. The lowest BCUT2D eigenvalue weighted by Gasteiger charge is -2.30. The summed E-state index contributed by atoms with van der Waals surface area (Å²) in [7, 11) is 0. The maximum atomic E-state index is 11.3. The van der Waals surface area contributed by atoms with Crippen LogP contribution in [-0.4, -0.2) is 31.5 Å². The molecular formula is C16H19N5O. The number of hydrogen-bond acceptors (Lipinski definition) is 3. The number of imidazole rings is 1. The first-order valence-corrected chi connectivity index (χ1v) is 7.78. The maximum Gasteiger partial charge on any atom is 0.217 e. The molecule has 0 spiro atoms. The van der Waals surface area contributed by atoms with E-state index in [4.69, 9.17) is 0 Å². The zero-order chi connectivity index (χ0) is 15.1. The number of nitrogens with one attached hydrogen (secondary N) is 2. The third-order valence-electron chi connectivity index (χ3n) is 4.57. The Balaban J connectivity index is 1.74. The molecule has 6 nitrogen and oxygen atoms in total. The predicted octanol–water partition coefficient (Wildman–Crippen LogP) is 2.53. The van der Waals surface area contributed by atoms with Crippen LogP contribution in [0.3, 0.4) is 0 Å². The molecule has 0 bridgehead atoms. The summed E-state index contributed by atoms with van der Waals surface area (Å²) in [6.07, 6.45) is 9.91. The monoisotopic (exact) mass is 297 g/mol. The van der Waals surface area contributed by atoms with Crippen LogP contribution >= 0.6 is 0 Å². The van der Waals surface area contributed by atoms with Crippen molar-refractivity contribution in [1.82, 2.24) is 24.8 Å². The predicted molar refractivity (Wildman–Crippen MR) is 84.5 cm³/mol. The highest BCUT2D eigenvalue weighted by atomic mass is 16.1. The molecule has 2 N–H and O–H groups in total. The Morgan fingerprint density at radius 3 is 3.18 bits per heavy atom. The van der Waals surface area contributed by atoms with E-state index >= 15 is 0 Å². The molecule has 22 heavy (non-hydrogen) atoms. The fraction of sp³-hybridized carbons (Fsp3) is 0.438. The fourth-order valence-corrected chi connectivity index (χ4v) is 3.64. The van der Waals surface area contributed by atoms with Crippen LogP contribution in [0.25, 0.3) is 22.1 Å². The van der Waals surface area contributed by atoms with Crippen molar-refractivity contribution in [1.29, 1.82) is 0 Å². The van der Waals surface area contributed by atoms with E-state index in [0.29, 0.717) is 6.04 Å². The standard InChI is InChI=1S/C16H19N5O/c1-10(22)20-11-3-2-4-12(7-11)21-9-19-14-8-18-16-13(15(14)21)5-6-17-16/h5-6,8-9,11-12H,2-4,7H2,1H3,(H,17,18)(H,20,22). The van der Waals surface area contributed by atoms with Gasteiger partial charge in [0, 0.05) is 30.6 Å². The molecule has 1 amide bonds. The number of amides is 1. The van der Waals surface area contributed by atoms with Crippen molar-refractivity contribution in [3.05, 3.63) is 24.8 Å². The van der Waals surface area contributed by atoms with Gasteiger partial charge in [0.15, 0.2) is 0 Å². The normalized spacial score (nSPS) is 22.2. The zero-order valence-electron chi connectivity index (χ0n) is 12.5. The Morgan fingerprint density at radius 1 is 1.41 bits per heavy atom. The van der Waals surface area contributed by atoms with E-state index in [-0.39, 0.29) is 11.9 Å². The summed E-state index contributed by atoms with van der Waals surface area (Å²) in [5.41, 5.74) is 2.96. The van der Waals surface area contributed by atoms with E-state index in [9.17, 15) is 4.79 Å². The van der Waals surface area contributed by atoms with E-state index in [0.717, 1.165) is 47.8 Å². The summed E-state index contributed by atoms with van der Waals surface area (Å²) in [6, 6.07) is 2.69. The average Bonchev–Trinajstić information content (AvgIpc) is 3.12. The maximum absolute atomic E-state index is 11.3. The minimum Gasteiger partial charge on any atom is -0.354 e. The van der Waals surface area contributed by atoms with Crippen molar-refractivity contribution >= 4 is 28.0 Å². The van der Waals surface area contributed by atoms with Gasteiger partial charge in [-0.3, -0.25) is 4.79 Å². The Hall–Kier alpha value is -2.37. The Kier molecular flexibility index (Phi) is 3.10. The van der Waals surface area contributed by atoms with Gasteiger partial charge in [-0.1, -0.05) is 0 Å². The Labute approximate surface area is 127 Å². The third-order valence-corrected chi connectivity index (χ3v) is 4.57. The van der Waals surface area contributed by atoms with E-state index in [2.05, 4.69) is 30.9 Å². The molecule has 3 aromatic rings. The molecule has 2 atom stereocenters. The van der Waals surface area contributed by atoms with Gasteiger partial charge < -0.3 is 14.9 Å². The highest BCUT2D eigenvalue weighted by Gasteiger charge is 2.25. The highest BCUT2D eigenvalue weighted by Crippen LogP contribution is 2.33. The van der Waals surface area contributed by atoms with Crippen LogP contribution in [0.4, 0.5) is 0 Å². The highest BCUT2D eigenvalue weighted by molar-refractivity contribution is 6.00. The van der Waals surface area contributed by atoms with Gasteiger partial charge in [-0.05, 0) is 31.7 Å².